The molecule has 0 aliphatic heterocycles. The molecule has 0 aliphatic rings. The predicted octanol–water partition coefficient (Wildman–Crippen LogP) is 3.18. The van der Waals surface area contributed by atoms with E-state index in [2.05, 4.69) is 6.58 Å². The van der Waals surface area contributed by atoms with Crippen molar-refractivity contribution in [1.82, 2.24) is 0 Å². The summed E-state index contributed by atoms with van der Waals surface area (Å²) >= 11 is 0. The average Bonchev–Trinajstić information content (AvgIpc) is 2.22. The first-order valence-corrected chi connectivity index (χ1v) is 5.25. The fraction of sp³-hybridized carbons (Fsp3) is 0.214. The van der Waals surface area contributed by atoms with Gasteiger partial charge in [0, 0.05) is 5.57 Å². The molecule has 3 nitrogen and oxygen atoms in total. The Morgan fingerprint density at radius 3 is 2.59 bits per heavy atom. The molecular formula is C14H16O3. The second-order valence-corrected chi connectivity index (χ2v) is 3.97. The molecule has 0 bridgehead atoms. The number of benzene rings is 1. The van der Waals surface area contributed by atoms with Crippen molar-refractivity contribution in [3.05, 3.63) is 47.2 Å². The number of hydrogen-bond acceptors (Lipinski definition) is 3. The second kappa shape index (κ2) is 5.34. The first kappa shape index (κ1) is 13.0. The number of phenols is 1. The summed E-state index contributed by atoms with van der Waals surface area (Å²) in [6, 6.07) is 5.01. The number of carbonyl (C=O) groups excluding carboxylic acids is 1. The van der Waals surface area contributed by atoms with E-state index in [1.165, 1.54) is 0 Å². The van der Waals surface area contributed by atoms with Gasteiger partial charge >= 0.3 is 5.97 Å². The second-order valence-electron chi connectivity index (χ2n) is 3.97. The zero-order valence-electron chi connectivity index (χ0n) is 10.3. The molecule has 0 heterocycles. The van der Waals surface area contributed by atoms with Crippen LogP contribution < -0.4 is 0 Å². The van der Waals surface area contributed by atoms with Crippen molar-refractivity contribution in [2.45, 2.75) is 20.8 Å². The Bertz CT molecular complexity index is 484. The normalized spacial score (nSPS) is 11.1. The van der Waals surface area contributed by atoms with Gasteiger partial charge in [0.1, 0.15) is 11.5 Å². The van der Waals surface area contributed by atoms with Crippen LogP contribution in [0.1, 0.15) is 25.0 Å². The van der Waals surface area contributed by atoms with Gasteiger partial charge in [0.05, 0.1) is 0 Å². The Hall–Kier alpha value is -2.03. The van der Waals surface area contributed by atoms with E-state index < -0.39 is 5.97 Å². The van der Waals surface area contributed by atoms with Gasteiger partial charge in [-0.05, 0) is 50.1 Å². The molecule has 0 saturated heterocycles. The van der Waals surface area contributed by atoms with E-state index in [0.717, 1.165) is 11.1 Å². The fourth-order valence-electron chi connectivity index (χ4n) is 1.30. The Labute approximate surface area is 101 Å². The standard InChI is InChI=1S/C14H16O3/c1-9(2)14(16)17-11(4)8-12-5-6-13(15)7-10(12)3/h5-8,15H,1H2,2-4H3/b11-8+. The first-order valence-electron chi connectivity index (χ1n) is 5.25. The Kier molecular flexibility index (Phi) is 4.10. The minimum absolute atomic E-state index is 0.219. The summed E-state index contributed by atoms with van der Waals surface area (Å²) in [4.78, 5) is 11.3. The van der Waals surface area contributed by atoms with E-state index in [4.69, 9.17) is 4.74 Å². The average molecular weight is 232 g/mol. The number of hydrogen-bond donors (Lipinski definition) is 1. The van der Waals surface area contributed by atoms with E-state index in [0.29, 0.717) is 11.3 Å². The van der Waals surface area contributed by atoms with Gasteiger partial charge in [0.15, 0.2) is 0 Å². The third-order valence-electron chi connectivity index (χ3n) is 2.21. The Morgan fingerprint density at radius 1 is 1.41 bits per heavy atom. The molecule has 90 valence electrons. The van der Waals surface area contributed by atoms with Crippen LogP contribution >= 0.6 is 0 Å². The van der Waals surface area contributed by atoms with Crippen LogP contribution in [0.5, 0.6) is 5.75 Å². The maximum atomic E-state index is 11.3. The number of ether oxygens (including phenoxy) is 1. The maximum Gasteiger partial charge on any atom is 0.338 e. The highest BCUT2D eigenvalue weighted by atomic mass is 16.5. The number of aryl methyl sites for hydroxylation is 1. The molecule has 0 saturated carbocycles. The molecular weight excluding hydrogens is 216 g/mol. The van der Waals surface area contributed by atoms with Crippen molar-refractivity contribution >= 4 is 12.0 Å². The molecule has 0 fully saturated rings. The van der Waals surface area contributed by atoms with E-state index in [1.54, 1.807) is 38.1 Å². The van der Waals surface area contributed by atoms with E-state index in [-0.39, 0.29) is 5.75 Å². The number of allylic oxidation sites excluding steroid dienone is 1. The van der Waals surface area contributed by atoms with Crippen molar-refractivity contribution in [3.8, 4) is 5.75 Å². The molecule has 0 unspecified atom stereocenters. The molecule has 0 amide bonds. The Balaban J connectivity index is 2.88. The summed E-state index contributed by atoms with van der Waals surface area (Å²) in [5.41, 5.74) is 2.17. The molecule has 0 atom stereocenters. The van der Waals surface area contributed by atoms with Crippen molar-refractivity contribution in [2.24, 2.45) is 0 Å². The summed E-state index contributed by atoms with van der Waals surface area (Å²) in [6.45, 7) is 8.68. The van der Waals surface area contributed by atoms with Crippen molar-refractivity contribution < 1.29 is 14.6 Å². The van der Waals surface area contributed by atoms with Gasteiger partial charge in [-0.2, -0.15) is 0 Å². The number of esters is 1. The molecule has 1 aromatic rings. The zero-order chi connectivity index (χ0) is 13.0. The lowest BCUT2D eigenvalue weighted by atomic mass is 10.1. The van der Waals surface area contributed by atoms with Gasteiger partial charge in [0.2, 0.25) is 0 Å². The van der Waals surface area contributed by atoms with Crippen LogP contribution in [0.15, 0.2) is 36.1 Å². The van der Waals surface area contributed by atoms with Gasteiger partial charge in [-0.25, -0.2) is 4.79 Å². The summed E-state index contributed by atoms with van der Waals surface area (Å²) in [5, 5.41) is 9.27. The van der Waals surface area contributed by atoms with Crippen LogP contribution in [0.4, 0.5) is 0 Å². The number of rotatable bonds is 3. The third kappa shape index (κ3) is 3.79. The largest absolute Gasteiger partial charge is 0.508 e. The smallest absolute Gasteiger partial charge is 0.338 e. The summed E-state index contributed by atoms with van der Waals surface area (Å²) in [7, 11) is 0. The van der Waals surface area contributed by atoms with Gasteiger partial charge in [-0.3, -0.25) is 0 Å². The molecule has 0 radical (unpaired) electrons. The van der Waals surface area contributed by atoms with Crippen molar-refractivity contribution in [1.29, 1.82) is 0 Å². The maximum absolute atomic E-state index is 11.3. The molecule has 0 aliphatic carbocycles. The number of aromatic hydroxyl groups is 1. The van der Waals surface area contributed by atoms with Crippen LogP contribution in [0.3, 0.4) is 0 Å². The number of phenolic OH excluding ortho intramolecular Hbond substituents is 1. The monoisotopic (exact) mass is 232 g/mol. The predicted molar refractivity (Wildman–Crippen MR) is 67.4 cm³/mol. The molecule has 0 aromatic heterocycles. The highest BCUT2D eigenvalue weighted by molar-refractivity contribution is 5.88. The first-order chi connectivity index (χ1) is 7.90. The van der Waals surface area contributed by atoms with Crippen LogP contribution in [-0.4, -0.2) is 11.1 Å². The van der Waals surface area contributed by atoms with E-state index >= 15 is 0 Å². The minimum Gasteiger partial charge on any atom is -0.508 e. The van der Waals surface area contributed by atoms with E-state index in [1.807, 2.05) is 6.92 Å². The zero-order valence-corrected chi connectivity index (χ0v) is 10.3. The van der Waals surface area contributed by atoms with Crippen LogP contribution in [0.2, 0.25) is 0 Å². The highest BCUT2D eigenvalue weighted by Crippen LogP contribution is 2.18. The van der Waals surface area contributed by atoms with Gasteiger partial charge in [-0.1, -0.05) is 12.6 Å². The van der Waals surface area contributed by atoms with E-state index in [9.17, 15) is 9.90 Å². The highest BCUT2D eigenvalue weighted by Gasteiger charge is 2.05. The Morgan fingerprint density at radius 2 is 2.06 bits per heavy atom. The lowest BCUT2D eigenvalue weighted by molar-refractivity contribution is -0.134. The van der Waals surface area contributed by atoms with Crippen LogP contribution in [0, 0.1) is 6.92 Å². The third-order valence-corrected chi connectivity index (χ3v) is 2.21. The quantitative estimate of drug-likeness (QED) is 0.494. The SMILES string of the molecule is C=C(C)C(=O)O/C(C)=C/c1ccc(O)cc1C. The van der Waals surface area contributed by atoms with Crippen LogP contribution in [-0.2, 0) is 9.53 Å². The molecule has 1 N–H and O–H groups in total. The molecule has 1 rings (SSSR count). The van der Waals surface area contributed by atoms with Crippen molar-refractivity contribution in [2.75, 3.05) is 0 Å². The van der Waals surface area contributed by atoms with Gasteiger partial charge in [-0.15, -0.1) is 0 Å². The molecule has 0 spiro atoms. The molecule has 1 aromatic carbocycles. The summed E-state index contributed by atoms with van der Waals surface area (Å²) < 4.78 is 5.06. The molecule has 3 heteroatoms. The summed E-state index contributed by atoms with van der Waals surface area (Å²) in [6.07, 6.45) is 1.75. The van der Waals surface area contributed by atoms with Gasteiger partial charge < -0.3 is 9.84 Å². The van der Waals surface area contributed by atoms with Gasteiger partial charge in [0.25, 0.3) is 0 Å². The number of carbonyl (C=O) groups is 1. The lowest BCUT2D eigenvalue weighted by Crippen LogP contribution is -2.02. The fourth-order valence-corrected chi connectivity index (χ4v) is 1.30. The van der Waals surface area contributed by atoms with Crippen molar-refractivity contribution in [3.63, 3.8) is 0 Å². The molecule has 17 heavy (non-hydrogen) atoms. The topological polar surface area (TPSA) is 46.5 Å². The minimum atomic E-state index is -0.435. The lowest BCUT2D eigenvalue weighted by Gasteiger charge is -2.05. The summed E-state index contributed by atoms with van der Waals surface area (Å²) in [5.74, 6) is 0.276. The van der Waals surface area contributed by atoms with Crippen LogP contribution in [0.25, 0.3) is 6.08 Å².